The molecule has 0 bridgehead atoms. The van der Waals surface area contributed by atoms with Crippen LogP contribution in [0.15, 0.2) is 23.8 Å². The summed E-state index contributed by atoms with van der Waals surface area (Å²) in [4.78, 5) is 35.7. The number of hydrogen-bond donors (Lipinski definition) is 0. The van der Waals surface area contributed by atoms with Crippen LogP contribution in [-0.2, 0) is 14.3 Å². The first-order valence-electron chi connectivity index (χ1n) is 7.76. The van der Waals surface area contributed by atoms with Crippen molar-refractivity contribution in [3.63, 3.8) is 0 Å². The van der Waals surface area contributed by atoms with E-state index >= 15 is 0 Å². The second-order valence-electron chi connectivity index (χ2n) is 6.17. The number of ether oxygens (including phenoxy) is 1. The van der Waals surface area contributed by atoms with Crippen LogP contribution in [0, 0.1) is 22.0 Å². The van der Waals surface area contributed by atoms with Gasteiger partial charge >= 0.3 is 0 Å². The van der Waals surface area contributed by atoms with Gasteiger partial charge in [-0.1, -0.05) is 12.8 Å². The minimum Gasteiger partial charge on any atom is -0.367 e. The van der Waals surface area contributed by atoms with Gasteiger partial charge in [-0.3, -0.25) is 19.7 Å². The van der Waals surface area contributed by atoms with Crippen LogP contribution in [0.3, 0.4) is 0 Å². The van der Waals surface area contributed by atoms with Crippen LogP contribution >= 0.6 is 0 Å². The van der Waals surface area contributed by atoms with Crippen molar-refractivity contribution in [2.24, 2.45) is 11.8 Å². The summed E-state index contributed by atoms with van der Waals surface area (Å²) in [5, 5.41) is 11.6. The van der Waals surface area contributed by atoms with Gasteiger partial charge < -0.3 is 4.74 Å². The molecular weight excluding hydrogens is 286 g/mol. The number of carbonyl (C=O) groups excluding carboxylic acids is 2. The smallest absolute Gasteiger partial charge is 0.260 e. The number of rotatable bonds is 3. The molecule has 0 aromatic rings. The van der Waals surface area contributed by atoms with Crippen LogP contribution in [0.5, 0.6) is 0 Å². The molecule has 3 rings (SSSR count). The summed E-state index contributed by atoms with van der Waals surface area (Å²) in [6.07, 6.45) is 6.89. The van der Waals surface area contributed by atoms with Crippen LogP contribution in [-0.4, -0.2) is 34.7 Å². The summed E-state index contributed by atoms with van der Waals surface area (Å²) in [5.41, 5.74) is -0.678. The third-order valence-corrected chi connectivity index (χ3v) is 5.17. The fourth-order valence-electron chi connectivity index (χ4n) is 4.36. The van der Waals surface area contributed by atoms with Crippen LogP contribution in [0.25, 0.3) is 0 Å². The van der Waals surface area contributed by atoms with Crippen molar-refractivity contribution < 1.29 is 19.2 Å². The second kappa shape index (κ2) is 5.43. The SMILES string of the molecule is CCO[C@@]12CCCC[C@@H]1[C@H]1C(=O)C=CC(=O)C1=C[C@H]2[N+](=O)[O-]. The molecule has 0 N–H and O–H groups in total. The highest BCUT2D eigenvalue weighted by atomic mass is 16.6. The van der Waals surface area contributed by atoms with Crippen molar-refractivity contribution in [3.05, 3.63) is 33.9 Å². The molecule has 0 saturated heterocycles. The van der Waals surface area contributed by atoms with E-state index in [0.717, 1.165) is 12.8 Å². The topological polar surface area (TPSA) is 86.5 Å². The zero-order valence-corrected chi connectivity index (χ0v) is 12.5. The summed E-state index contributed by atoms with van der Waals surface area (Å²) in [6.45, 7) is 2.17. The third-order valence-electron chi connectivity index (χ3n) is 5.17. The largest absolute Gasteiger partial charge is 0.367 e. The van der Waals surface area contributed by atoms with Gasteiger partial charge in [0.25, 0.3) is 6.04 Å². The Labute approximate surface area is 128 Å². The minimum absolute atomic E-state index is 0.136. The van der Waals surface area contributed by atoms with E-state index in [-0.39, 0.29) is 28.0 Å². The Balaban J connectivity index is 2.17. The molecule has 0 spiro atoms. The number of allylic oxidation sites excluding steroid dienone is 3. The van der Waals surface area contributed by atoms with Gasteiger partial charge in [0.05, 0.1) is 5.92 Å². The van der Waals surface area contributed by atoms with E-state index < -0.39 is 17.6 Å². The average molecular weight is 305 g/mol. The first-order valence-corrected chi connectivity index (χ1v) is 7.76. The molecule has 6 heteroatoms. The summed E-state index contributed by atoms with van der Waals surface area (Å²) in [6, 6.07) is -1.06. The number of ketones is 2. The Morgan fingerprint density at radius 3 is 2.82 bits per heavy atom. The van der Waals surface area contributed by atoms with Crippen molar-refractivity contribution in [2.45, 2.75) is 44.2 Å². The van der Waals surface area contributed by atoms with Crippen molar-refractivity contribution in [3.8, 4) is 0 Å². The van der Waals surface area contributed by atoms with Crippen molar-refractivity contribution in [2.75, 3.05) is 6.61 Å². The zero-order chi connectivity index (χ0) is 15.9. The number of nitro groups is 1. The summed E-state index contributed by atoms with van der Waals surface area (Å²) in [5.74, 6) is -1.30. The molecule has 0 heterocycles. The number of hydrogen-bond acceptors (Lipinski definition) is 5. The maximum atomic E-state index is 12.3. The lowest BCUT2D eigenvalue weighted by molar-refractivity contribution is -0.540. The minimum atomic E-state index is -1.06. The standard InChI is InChI=1S/C16H19NO5/c1-2-22-16-8-4-3-5-11(16)15-10(9-14(16)17(20)21)12(18)6-7-13(15)19/h6-7,9,11,14-15H,2-5,8H2,1H3/t11-,14-,15+,16+/m1/s1. The first-order chi connectivity index (χ1) is 10.5. The lowest BCUT2D eigenvalue weighted by Gasteiger charge is -2.49. The highest BCUT2D eigenvalue weighted by molar-refractivity contribution is 6.16. The molecule has 3 aliphatic carbocycles. The van der Waals surface area contributed by atoms with E-state index in [9.17, 15) is 19.7 Å². The molecule has 3 aliphatic rings. The fraction of sp³-hybridized carbons (Fsp3) is 0.625. The van der Waals surface area contributed by atoms with E-state index in [1.165, 1.54) is 18.2 Å². The number of nitrogens with zero attached hydrogens (tertiary/aromatic N) is 1. The van der Waals surface area contributed by atoms with Gasteiger partial charge in [0.15, 0.2) is 11.6 Å². The van der Waals surface area contributed by atoms with E-state index in [0.29, 0.717) is 19.4 Å². The number of fused-ring (bicyclic) bond motifs is 3. The van der Waals surface area contributed by atoms with E-state index in [2.05, 4.69) is 0 Å². The molecule has 4 atom stereocenters. The molecule has 1 saturated carbocycles. The molecule has 0 unspecified atom stereocenters. The predicted octanol–water partition coefficient (Wildman–Crippen LogP) is 1.86. The molecule has 22 heavy (non-hydrogen) atoms. The molecule has 1 fully saturated rings. The normalized spacial score (nSPS) is 37.3. The van der Waals surface area contributed by atoms with Crippen molar-refractivity contribution in [1.82, 2.24) is 0 Å². The van der Waals surface area contributed by atoms with Gasteiger partial charge in [0, 0.05) is 23.0 Å². The first kappa shape index (κ1) is 15.1. The highest BCUT2D eigenvalue weighted by Crippen LogP contribution is 2.51. The van der Waals surface area contributed by atoms with Gasteiger partial charge in [-0.05, 0) is 38.0 Å². The van der Waals surface area contributed by atoms with Gasteiger partial charge in [0.2, 0.25) is 0 Å². The maximum absolute atomic E-state index is 12.3. The Hall–Kier alpha value is -1.82. The van der Waals surface area contributed by atoms with Gasteiger partial charge in [-0.15, -0.1) is 0 Å². The average Bonchev–Trinajstić information content (AvgIpc) is 2.49. The summed E-state index contributed by atoms with van der Waals surface area (Å²) >= 11 is 0. The molecule has 0 aliphatic heterocycles. The lowest BCUT2D eigenvalue weighted by atomic mass is 9.58. The quantitative estimate of drug-likeness (QED) is 0.587. The Morgan fingerprint density at radius 2 is 2.14 bits per heavy atom. The van der Waals surface area contributed by atoms with Crippen LogP contribution in [0.2, 0.25) is 0 Å². The molecular formula is C16H19NO5. The molecule has 0 radical (unpaired) electrons. The van der Waals surface area contributed by atoms with Crippen molar-refractivity contribution >= 4 is 11.6 Å². The molecule has 0 aromatic carbocycles. The Kier molecular flexibility index (Phi) is 3.72. The van der Waals surface area contributed by atoms with E-state index in [4.69, 9.17) is 4.74 Å². The van der Waals surface area contributed by atoms with E-state index in [1.54, 1.807) is 0 Å². The lowest BCUT2D eigenvalue weighted by Crippen LogP contribution is -2.61. The molecule has 6 nitrogen and oxygen atoms in total. The second-order valence-corrected chi connectivity index (χ2v) is 6.17. The summed E-state index contributed by atoms with van der Waals surface area (Å²) in [7, 11) is 0. The number of carbonyl (C=O) groups is 2. The highest BCUT2D eigenvalue weighted by Gasteiger charge is 2.61. The third kappa shape index (κ3) is 2.05. The molecule has 118 valence electrons. The summed E-state index contributed by atoms with van der Waals surface area (Å²) < 4.78 is 5.91. The van der Waals surface area contributed by atoms with E-state index in [1.807, 2.05) is 6.92 Å². The van der Waals surface area contributed by atoms with Crippen molar-refractivity contribution in [1.29, 1.82) is 0 Å². The molecule has 0 aromatic heterocycles. The van der Waals surface area contributed by atoms with Gasteiger partial charge in [0.1, 0.15) is 5.60 Å². The van der Waals surface area contributed by atoms with Crippen LogP contribution in [0.4, 0.5) is 0 Å². The predicted molar refractivity (Wildman–Crippen MR) is 77.8 cm³/mol. The van der Waals surface area contributed by atoms with Crippen LogP contribution < -0.4 is 0 Å². The Morgan fingerprint density at radius 1 is 1.36 bits per heavy atom. The molecule has 0 amide bonds. The Bertz CT molecular complexity index is 589. The maximum Gasteiger partial charge on any atom is 0.260 e. The van der Waals surface area contributed by atoms with Crippen LogP contribution in [0.1, 0.15) is 32.6 Å². The monoisotopic (exact) mass is 305 g/mol. The van der Waals surface area contributed by atoms with Gasteiger partial charge in [-0.2, -0.15) is 0 Å². The van der Waals surface area contributed by atoms with Gasteiger partial charge in [-0.25, -0.2) is 0 Å². The zero-order valence-electron chi connectivity index (χ0n) is 12.5. The fourth-order valence-corrected chi connectivity index (χ4v) is 4.36.